The number of nitrogen functional groups attached to an aromatic ring is 1. The number of benzene rings is 1. The van der Waals surface area contributed by atoms with Gasteiger partial charge in [0.2, 0.25) is 5.28 Å². The monoisotopic (exact) mass is 396 g/mol. The lowest BCUT2D eigenvalue weighted by molar-refractivity contribution is 0.601. The van der Waals surface area contributed by atoms with Crippen LogP contribution in [0.4, 0.5) is 11.5 Å². The average Bonchev–Trinajstić information content (AvgIpc) is 2.25. The van der Waals surface area contributed by atoms with Crippen LogP contribution in [0.25, 0.3) is 0 Å². The van der Waals surface area contributed by atoms with Crippen LogP contribution in [-0.2, 0) is 10.0 Å². The molecule has 0 spiro atoms. The summed E-state index contributed by atoms with van der Waals surface area (Å²) in [6, 6.07) is 5.64. The van der Waals surface area contributed by atoms with Gasteiger partial charge in [-0.25, -0.2) is 13.4 Å². The molecule has 0 saturated heterocycles. The van der Waals surface area contributed by atoms with Crippen LogP contribution in [0.3, 0.4) is 0 Å². The summed E-state index contributed by atoms with van der Waals surface area (Å²) in [7, 11) is -3.90. The minimum absolute atomic E-state index is 0.0199. The third-order valence-corrected chi connectivity index (χ3v) is 4.45. The van der Waals surface area contributed by atoms with E-state index in [1.54, 1.807) is 6.07 Å². The van der Waals surface area contributed by atoms with E-state index in [1.165, 1.54) is 18.2 Å². The lowest BCUT2D eigenvalue weighted by Gasteiger charge is -2.10. The number of sulfonamides is 1. The number of hydrogen-bond acceptors (Lipinski definition) is 5. The normalized spacial score (nSPS) is 11.3. The van der Waals surface area contributed by atoms with Crippen molar-refractivity contribution >= 4 is 60.7 Å². The molecule has 6 nitrogen and oxygen atoms in total. The van der Waals surface area contributed by atoms with Gasteiger partial charge in [-0.05, 0) is 29.8 Å². The summed E-state index contributed by atoms with van der Waals surface area (Å²) in [6.07, 6.45) is 0. The molecule has 0 amide bonds. The summed E-state index contributed by atoms with van der Waals surface area (Å²) in [4.78, 5) is 7.26. The molecule has 2 rings (SSSR count). The van der Waals surface area contributed by atoms with E-state index in [1.807, 2.05) is 0 Å². The Morgan fingerprint density at radius 2 is 1.90 bits per heavy atom. The van der Waals surface area contributed by atoms with Crippen LogP contribution in [0.5, 0.6) is 0 Å². The van der Waals surface area contributed by atoms with Crippen LogP contribution in [0.15, 0.2) is 33.6 Å². The highest BCUT2D eigenvalue weighted by Crippen LogP contribution is 2.25. The zero-order valence-corrected chi connectivity index (χ0v) is 13.6. The van der Waals surface area contributed by atoms with Gasteiger partial charge in [0.1, 0.15) is 15.9 Å². The molecule has 106 valence electrons. The van der Waals surface area contributed by atoms with Crippen molar-refractivity contribution in [3.8, 4) is 0 Å². The molecule has 0 fully saturated rings. The van der Waals surface area contributed by atoms with Crippen LogP contribution < -0.4 is 10.5 Å². The van der Waals surface area contributed by atoms with Crippen molar-refractivity contribution in [3.05, 3.63) is 39.2 Å². The van der Waals surface area contributed by atoms with Gasteiger partial charge in [-0.3, -0.25) is 4.72 Å². The number of anilines is 2. The first-order chi connectivity index (χ1) is 9.28. The maximum atomic E-state index is 12.2. The van der Waals surface area contributed by atoms with Crippen LogP contribution >= 0.6 is 39.1 Å². The molecule has 0 bridgehead atoms. The van der Waals surface area contributed by atoms with Gasteiger partial charge < -0.3 is 5.73 Å². The minimum atomic E-state index is -3.90. The van der Waals surface area contributed by atoms with E-state index in [4.69, 9.17) is 28.9 Å². The molecular weight excluding hydrogens is 391 g/mol. The second kappa shape index (κ2) is 5.72. The predicted octanol–water partition coefficient (Wildman–Crippen LogP) is 2.93. The maximum absolute atomic E-state index is 12.2. The lowest BCUT2D eigenvalue weighted by Crippen LogP contribution is -2.15. The molecule has 0 unspecified atom stereocenters. The first-order valence-electron chi connectivity index (χ1n) is 5.06. The maximum Gasteiger partial charge on any atom is 0.265 e. The Morgan fingerprint density at radius 3 is 2.50 bits per heavy atom. The standard InChI is InChI=1S/C10H7BrCl2N4O2S/c11-5-1-2-7(6(14)3-5)20(18,19)17-9-4-8(12)15-10(13)16-9/h1-4H,14H2,(H,15,16,17). The second-order valence-electron chi connectivity index (χ2n) is 3.63. The molecule has 1 aromatic heterocycles. The van der Waals surface area contributed by atoms with Gasteiger partial charge in [0.05, 0.1) is 5.69 Å². The Hall–Kier alpha value is -1.09. The van der Waals surface area contributed by atoms with E-state index < -0.39 is 10.0 Å². The topological polar surface area (TPSA) is 98.0 Å². The SMILES string of the molecule is Nc1cc(Br)ccc1S(=O)(=O)Nc1cc(Cl)nc(Cl)n1. The third kappa shape index (κ3) is 3.51. The predicted molar refractivity (Wildman–Crippen MR) is 81.4 cm³/mol. The van der Waals surface area contributed by atoms with Crippen LogP contribution in [0, 0.1) is 0 Å². The van der Waals surface area contributed by atoms with Crippen LogP contribution in [0.2, 0.25) is 10.4 Å². The van der Waals surface area contributed by atoms with Gasteiger partial charge in [0, 0.05) is 10.5 Å². The fraction of sp³-hybridized carbons (Fsp3) is 0. The molecule has 0 saturated carbocycles. The molecule has 1 heterocycles. The second-order valence-corrected chi connectivity index (χ2v) is 6.92. The van der Waals surface area contributed by atoms with Gasteiger partial charge in [0.15, 0.2) is 0 Å². The number of aromatic nitrogens is 2. The zero-order valence-electron chi connectivity index (χ0n) is 9.64. The van der Waals surface area contributed by atoms with Gasteiger partial charge in [-0.1, -0.05) is 27.5 Å². The third-order valence-electron chi connectivity index (χ3n) is 2.17. The highest BCUT2D eigenvalue weighted by Gasteiger charge is 2.19. The highest BCUT2D eigenvalue weighted by atomic mass is 79.9. The first kappa shape index (κ1) is 15.3. The highest BCUT2D eigenvalue weighted by molar-refractivity contribution is 9.10. The van der Waals surface area contributed by atoms with Crippen molar-refractivity contribution in [1.29, 1.82) is 0 Å². The van der Waals surface area contributed by atoms with E-state index in [0.29, 0.717) is 4.47 Å². The van der Waals surface area contributed by atoms with E-state index >= 15 is 0 Å². The molecule has 1 aromatic carbocycles. The molecule has 0 aliphatic rings. The largest absolute Gasteiger partial charge is 0.398 e. The number of nitrogens with one attached hydrogen (secondary N) is 1. The first-order valence-corrected chi connectivity index (χ1v) is 8.09. The van der Waals surface area contributed by atoms with E-state index in [9.17, 15) is 8.42 Å². The van der Waals surface area contributed by atoms with Gasteiger partial charge in [-0.15, -0.1) is 0 Å². The van der Waals surface area contributed by atoms with Gasteiger partial charge in [-0.2, -0.15) is 4.98 Å². The molecule has 3 N–H and O–H groups in total. The Kier molecular flexibility index (Phi) is 4.38. The fourth-order valence-electron chi connectivity index (χ4n) is 1.40. The molecule has 10 heteroatoms. The summed E-state index contributed by atoms with van der Waals surface area (Å²) in [5.41, 5.74) is 5.78. The minimum Gasteiger partial charge on any atom is -0.398 e. The van der Waals surface area contributed by atoms with Crippen molar-refractivity contribution in [2.45, 2.75) is 4.90 Å². The molecule has 0 atom stereocenters. The van der Waals surface area contributed by atoms with Crippen LogP contribution in [-0.4, -0.2) is 18.4 Å². The van der Waals surface area contributed by atoms with Crippen molar-refractivity contribution in [2.75, 3.05) is 10.5 Å². The molecule has 2 aromatic rings. The van der Waals surface area contributed by atoms with Crippen molar-refractivity contribution in [3.63, 3.8) is 0 Å². The van der Waals surface area contributed by atoms with Crippen molar-refractivity contribution in [1.82, 2.24) is 9.97 Å². The number of nitrogens with zero attached hydrogens (tertiary/aromatic N) is 2. The fourth-order valence-corrected chi connectivity index (χ4v) is 3.29. The van der Waals surface area contributed by atoms with E-state index in [2.05, 4.69) is 30.6 Å². The summed E-state index contributed by atoms with van der Waals surface area (Å²) in [6.45, 7) is 0. The molecule has 0 aliphatic heterocycles. The Balaban J connectivity index is 2.40. The molecule has 20 heavy (non-hydrogen) atoms. The molecule has 0 radical (unpaired) electrons. The van der Waals surface area contributed by atoms with Crippen molar-refractivity contribution in [2.24, 2.45) is 0 Å². The molecule has 0 aliphatic carbocycles. The molecular formula is C10H7BrCl2N4O2S. The number of halogens is 3. The summed E-state index contributed by atoms with van der Waals surface area (Å²) < 4.78 is 27.3. The number of hydrogen-bond donors (Lipinski definition) is 2. The Morgan fingerprint density at radius 1 is 1.20 bits per heavy atom. The number of nitrogens with two attached hydrogens (primary N) is 1. The lowest BCUT2D eigenvalue weighted by atomic mass is 10.3. The zero-order chi connectivity index (χ0) is 14.9. The summed E-state index contributed by atoms with van der Waals surface area (Å²) >= 11 is 14.5. The van der Waals surface area contributed by atoms with E-state index in [-0.39, 0.29) is 26.8 Å². The summed E-state index contributed by atoms with van der Waals surface area (Å²) in [5.74, 6) is -0.0441. The quantitative estimate of drug-likeness (QED) is 0.471. The summed E-state index contributed by atoms with van der Waals surface area (Å²) in [5, 5.41) is -0.148. The average molecular weight is 398 g/mol. The van der Waals surface area contributed by atoms with E-state index in [0.717, 1.165) is 0 Å². The van der Waals surface area contributed by atoms with Gasteiger partial charge >= 0.3 is 0 Å². The van der Waals surface area contributed by atoms with Gasteiger partial charge in [0.25, 0.3) is 10.0 Å². The smallest absolute Gasteiger partial charge is 0.265 e. The van der Waals surface area contributed by atoms with Crippen molar-refractivity contribution < 1.29 is 8.42 Å². The Labute approximate surface area is 133 Å². The Bertz CT molecular complexity index is 750. The van der Waals surface area contributed by atoms with Crippen LogP contribution in [0.1, 0.15) is 0 Å². The number of rotatable bonds is 3.